The highest BCUT2D eigenvalue weighted by molar-refractivity contribution is 5.86. The van der Waals surface area contributed by atoms with Crippen molar-refractivity contribution in [2.75, 3.05) is 6.54 Å². The SMILES string of the molecule is O=C(O)c1[nH]ncc1CN1CC[C@H]1c1ccc(F)cc1. The quantitative estimate of drug-likeness (QED) is 0.897. The summed E-state index contributed by atoms with van der Waals surface area (Å²) in [7, 11) is 0. The zero-order chi connectivity index (χ0) is 14.1. The Labute approximate surface area is 115 Å². The summed E-state index contributed by atoms with van der Waals surface area (Å²) in [6, 6.07) is 6.67. The summed E-state index contributed by atoms with van der Waals surface area (Å²) in [4.78, 5) is 13.2. The number of aromatic amines is 1. The van der Waals surface area contributed by atoms with Crippen molar-refractivity contribution in [3.8, 4) is 0 Å². The molecule has 0 spiro atoms. The maximum Gasteiger partial charge on any atom is 0.354 e. The molecule has 0 bridgehead atoms. The van der Waals surface area contributed by atoms with E-state index >= 15 is 0 Å². The molecule has 2 N–H and O–H groups in total. The van der Waals surface area contributed by atoms with Gasteiger partial charge in [0.1, 0.15) is 11.5 Å². The first-order valence-electron chi connectivity index (χ1n) is 6.40. The standard InChI is InChI=1S/C14H14FN3O2/c15-11-3-1-9(2-4-11)12-5-6-18(12)8-10-7-16-17-13(10)14(19)20/h1-4,7,12H,5-6,8H2,(H,16,17)(H,19,20)/t12-/m0/s1. The van der Waals surface area contributed by atoms with Crippen molar-refractivity contribution in [1.82, 2.24) is 15.1 Å². The molecule has 0 radical (unpaired) electrons. The van der Waals surface area contributed by atoms with Gasteiger partial charge in [-0.25, -0.2) is 9.18 Å². The highest BCUT2D eigenvalue weighted by Gasteiger charge is 2.30. The van der Waals surface area contributed by atoms with E-state index in [4.69, 9.17) is 5.11 Å². The molecule has 2 heterocycles. The molecule has 2 aromatic rings. The highest BCUT2D eigenvalue weighted by Crippen LogP contribution is 2.34. The number of benzene rings is 1. The molecule has 104 valence electrons. The van der Waals surface area contributed by atoms with E-state index in [2.05, 4.69) is 15.1 Å². The molecule has 1 fully saturated rings. The first-order chi connectivity index (χ1) is 9.65. The number of halogens is 1. The number of likely N-dealkylation sites (tertiary alicyclic amines) is 1. The average Bonchev–Trinajstić information content (AvgIpc) is 2.86. The Balaban J connectivity index is 1.74. The Hall–Kier alpha value is -2.21. The van der Waals surface area contributed by atoms with E-state index in [0.29, 0.717) is 12.1 Å². The van der Waals surface area contributed by atoms with Crippen LogP contribution in [0.3, 0.4) is 0 Å². The minimum atomic E-state index is -1.00. The number of hydrogen-bond acceptors (Lipinski definition) is 3. The molecule has 3 rings (SSSR count). The second kappa shape index (κ2) is 5.05. The fourth-order valence-corrected chi connectivity index (χ4v) is 2.53. The van der Waals surface area contributed by atoms with E-state index in [1.54, 1.807) is 18.3 Å². The van der Waals surface area contributed by atoms with Crippen LogP contribution in [0.4, 0.5) is 4.39 Å². The third kappa shape index (κ3) is 2.30. The molecular formula is C14H14FN3O2. The van der Waals surface area contributed by atoms with Crippen molar-refractivity contribution in [2.24, 2.45) is 0 Å². The average molecular weight is 275 g/mol. The van der Waals surface area contributed by atoms with Crippen LogP contribution in [0.15, 0.2) is 30.5 Å². The largest absolute Gasteiger partial charge is 0.477 e. The van der Waals surface area contributed by atoms with Crippen LogP contribution in [0, 0.1) is 5.82 Å². The van der Waals surface area contributed by atoms with Gasteiger partial charge in [-0.2, -0.15) is 5.10 Å². The summed E-state index contributed by atoms with van der Waals surface area (Å²) in [6.45, 7) is 1.42. The van der Waals surface area contributed by atoms with Crippen molar-refractivity contribution < 1.29 is 14.3 Å². The zero-order valence-corrected chi connectivity index (χ0v) is 10.7. The lowest BCUT2D eigenvalue weighted by Crippen LogP contribution is -2.40. The monoisotopic (exact) mass is 275 g/mol. The maximum absolute atomic E-state index is 12.9. The number of H-pyrrole nitrogens is 1. The van der Waals surface area contributed by atoms with E-state index in [9.17, 15) is 9.18 Å². The molecule has 0 saturated carbocycles. The summed E-state index contributed by atoms with van der Waals surface area (Å²) in [5.74, 6) is -1.25. The molecule has 1 aromatic carbocycles. The van der Waals surface area contributed by atoms with Crippen LogP contribution in [0.1, 0.15) is 34.1 Å². The maximum atomic E-state index is 12.9. The lowest BCUT2D eigenvalue weighted by atomic mass is 9.94. The van der Waals surface area contributed by atoms with Gasteiger partial charge in [0.15, 0.2) is 0 Å². The van der Waals surface area contributed by atoms with Crippen LogP contribution in [0.2, 0.25) is 0 Å². The summed E-state index contributed by atoms with van der Waals surface area (Å²) < 4.78 is 12.9. The molecule has 1 aromatic heterocycles. The summed E-state index contributed by atoms with van der Waals surface area (Å²) in [5, 5.41) is 15.3. The Bertz CT molecular complexity index is 624. The fraction of sp³-hybridized carbons (Fsp3) is 0.286. The zero-order valence-electron chi connectivity index (χ0n) is 10.7. The van der Waals surface area contributed by atoms with Crippen molar-refractivity contribution in [3.63, 3.8) is 0 Å². The normalized spacial score (nSPS) is 18.8. The lowest BCUT2D eigenvalue weighted by Gasteiger charge is -2.41. The number of aromatic nitrogens is 2. The molecule has 0 unspecified atom stereocenters. The van der Waals surface area contributed by atoms with E-state index < -0.39 is 5.97 Å². The van der Waals surface area contributed by atoms with Crippen molar-refractivity contribution in [1.29, 1.82) is 0 Å². The van der Waals surface area contributed by atoms with Gasteiger partial charge in [0.05, 0.1) is 6.20 Å². The number of nitrogens with zero attached hydrogens (tertiary/aromatic N) is 2. The van der Waals surface area contributed by atoms with Gasteiger partial charge in [-0.05, 0) is 24.1 Å². The van der Waals surface area contributed by atoms with Crippen LogP contribution in [0.25, 0.3) is 0 Å². The van der Waals surface area contributed by atoms with Gasteiger partial charge in [-0.1, -0.05) is 12.1 Å². The van der Waals surface area contributed by atoms with E-state index in [1.165, 1.54) is 12.1 Å². The van der Waals surface area contributed by atoms with Gasteiger partial charge in [-0.15, -0.1) is 0 Å². The Morgan fingerprint density at radius 2 is 2.20 bits per heavy atom. The van der Waals surface area contributed by atoms with Gasteiger partial charge in [0, 0.05) is 24.7 Å². The predicted molar refractivity (Wildman–Crippen MR) is 69.7 cm³/mol. The number of carboxylic acids is 1. The molecule has 1 saturated heterocycles. The van der Waals surface area contributed by atoms with Crippen LogP contribution in [-0.4, -0.2) is 32.7 Å². The van der Waals surface area contributed by atoms with Crippen molar-refractivity contribution in [2.45, 2.75) is 19.0 Å². The Kier molecular flexibility index (Phi) is 3.23. The number of carboxylic acid groups (broad SMARTS) is 1. The third-order valence-corrected chi connectivity index (χ3v) is 3.69. The third-order valence-electron chi connectivity index (χ3n) is 3.69. The van der Waals surface area contributed by atoms with E-state index in [-0.39, 0.29) is 17.6 Å². The molecule has 5 nitrogen and oxygen atoms in total. The van der Waals surface area contributed by atoms with Crippen LogP contribution < -0.4 is 0 Å². The fourth-order valence-electron chi connectivity index (χ4n) is 2.53. The molecule has 1 aliphatic heterocycles. The van der Waals surface area contributed by atoms with Crippen molar-refractivity contribution in [3.05, 3.63) is 53.1 Å². The van der Waals surface area contributed by atoms with Gasteiger partial charge in [0.25, 0.3) is 0 Å². The molecule has 0 aliphatic carbocycles. The minimum Gasteiger partial charge on any atom is -0.477 e. The van der Waals surface area contributed by atoms with Gasteiger partial charge in [0.2, 0.25) is 0 Å². The molecule has 20 heavy (non-hydrogen) atoms. The molecule has 6 heteroatoms. The van der Waals surface area contributed by atoms with Crippen molar-refractivity contribution >= 4 is 5.97 Å². The number of aromatic carboxylic acids is 1. The lowest BCUT2D eigenvalue weighted by molar-refractivity contribution is 0.0671. The number of carbonyl (C=O) groups is 1. The summed E-state index contributed by atoms with van der Waals surface area (Å²) in [6.07, 6.45) is 2.54. The second-order valence-corrected chi connectivity index (χ2v) is 4.90. The minimum absolute atomic E-state index is 0.134. The first-order valence-corrected chi connectivity index (χ1v) is 6.40. The topological polar surface area (TPSA) is 69.2 Å². The smallest absolute Gasteiger partial charge is 0.354 e. The second-order valence-electron chi connectivity index (χ2n) is 4.90. The predicted octanol–water partition coefficient (Wildman–Crippen LogP) is 2.19. The number of hydrogen-bond donors (Lipinski definition) is 2. The van der Waals surface area contributed by atoms with E-state index in [0.717, 1.165) is 18.5 Å². The number of nitrogens with one attached hydrogen (secondary N) is 1. The van der Waals surface area contributed by atoms with E-state index in [1.807, 2.05) is 0 Å². The molecule has 0 amide bonds. The van der Waals surface area contributed by atoms with Gasteiger partial charge >= 0.3 is 5.97 Å². The number of rotatable bonds is 4. The van der Waals surface area contributed by atoms with Crippen LogP contribution >= 0.6 is 0 Å². The van der Waals surface area contributed by atoms with Crippen LogP contribution in [-0.2, 0) is 6.54 Å². The Morgan fingerprint density at radius 1 is 1.45 bits per heavy atom. The Morgan fingerprint density at radius 3 is 2.80 bits per heavy atom. The van der Waals surface area contributed by atoms with Gasteiger partial charge < -0.3 is 5.11 Å². The first kappa shape index (κ1) is 12.8. The molecule has 1 aliphatic rings. The molecule has 1 atom stereocenters. The molecular weight excluding hydrogens is 261 g/mol. The van der Waals surface area contributed by atoms with Gasteiger partial charge in [-0.3, -0.25) is 10.00 Å². The highest BCUT2D eigenvalue weighted by atomic mass is 19.1. The van der Waals surface area contributed by atoms with Crippen LogP contribution in [0.5, 0.6) is 0 Å². The summed E-state index contributed by atoms with van der Waals surface area (Å²) >= 11 is 0. The summed E-state index contributed by atoms with van der Waals surface area (Å²) in [5.41, 5.74) is 1.86.